The number of rotatable bonds is 7. The molecular formula is C17H20ClF3N6O4S. The highest BCUT2D eigenvalue weighted by atomic mass is 35.5. The van der Waals surface area contributed by atoms with Crippen molar-refractivity contribution in [2.45, 2.75) is 24.4 Å². The number of hydrogen-bond acceptors (Lipinski definition) is 9. The molecule has 2 fully saturated rings. The van der Waals surface area contributed by atoms with E-state index in [0.29, 0.717) is 11.5 Å². The number of aryl methyl sites for hydroxylation is 1. The largest absolute Gasteiger partial charge is 0.402 e. The average molecular weight is 497 g/mol. The molecule has 0 aliphatic carbocycles. The molecule has 2 N–H and O–H groups in total. The highest BCUT2D eigenvalue weighted by molar-refractivity contribution is 7.91. The molecule has 0 spiro atoms. The van der Waals surface area contributed by atoms with Crippen LogP contribution in [0.5, 0.6) is 0 Å². The van der Waals surface area contributed by atoms with E-state index in [9.17, 15) is 21.6 Å². The van der Waals surface area contributed by atoms with Gasteiger partial charge in [-0.1, -0.05) is 11.6 Å². The van der Waals surface area contributed by atoms with E-state index >= 15 is 0 Å². The van der Waals surface area contributed by atoms with Gasteiger partial charge >= 0.3 is 6.18 Å². The molecule has 2 aromatic heterocycles. The van der Waals surface area contributed by atoms with Crippen molar-refractivity contribution in [3.8, 4) is 0 Å². The zero-order valence-corrected chi connectivity index (χ0v) is 18.3. The smallest absolute Gasteiger partial charge is 0.373 e. The fourth-order valence-corrected chi connectivity index (χ4v) is 5.50. The van der Waals surface area contributed by atoms with Crippen LogP contribution in [0.4, 0.5) is 30.6 Å². The molecule has 0 aromatic carbocycles. The monoisotopic (exact) mass is 496 g/mol. The molecule has 2 aromatic rings. The van der Waals surface area contributed by atoms with Crippen molar-refractivity contribution >= 4 is 38.9 Å². The van der Waals surface area contributed by atoms with Gasteiger partial charge in [-0.3, -0.25) is 4.68 Å². The van der Waals surface area contributed by atoms with Crippen LogP contribution in [0, 0.1) is 5.92 Å². The molecule has 176 valence electrons. The summed E-state index contributed by atoms with van der Waals surface area (Å²) in [5.41, 5.74) is 0.673. The van der Waals surface area contributed by atoms with Crippen LogP contribution in [0.2, 0.25) is 5.02 Å². The van der Waals surface area contributed by atoms with E-state index in [0.717, 1.165) is 0 Å². The van der Waals surface area contributed by atoms with Crippen LogP contribution in [0.3, 0.4) is 0 Å². The summed E-state index contributed by atoms with van der Waals surface area (Å²) in [5.74, 6) is -2.64. The number of alkyl halides is 3. The summed E-state index contributed by atoms with van der Waals surface area (Å²) < 4.78 is 74.3. The van der Waals surface area contributed by atoms with Crippen LogP contribution in [0.25, 0.3) is 0 Å². The van der Waals surface area contributed by atoms with E-state index in [1.54, 1.807) is 24.1 Å². The summed E-state index contributed by atoms with van der Waals surface area (Å²) in [7, 11) is -2.58. The van der Waals surface area contributed by atoms with Gasteiger partial charge in [0.1, 0.15) is 16.9 Å². The van der Waals surface area contributed by atoms with Crippen molar-refractivity contribution in [3.63, 3.8) is 0 Å². The predicted octanol–water partition coefficient (Wildman–Crippen LogP) is 1.78. The maximum atomic E-state index is 12.5. The number of anilines is 3. The Balaban J connectivity index is 1.41. The summed E-state index contributed by atoms with van der Waals surface area (Å²) in [4.78, 5) is 8.45. The standard InChI is InChI=1S/C17H20ClF3N6O4S/c1-27-4-10(2-23-27)24-16-22-3-11(18)15(26-16)25-12-6-31-13-9(5-30-14(12)13)7-32(28,29)8-17(19,20)21/h2-4,9,12-14H,5-8H2,1H3,(H2,22,24,25,26)/t9-,12-,13?,14?/m0/s1. The lowest BCUT2D eigenvalue weighted by Crippen LogP contribution is -2.37. The Labute approximate surface area is 186 Å². The number of hydrogen-bond donors (Lipinski definition) is 2. The minimum Gasteiger partial charge on any atom is -0.373 e. The van der Waals surface area contributed by atoms with Crippen LogP contribution in [0.1, 0.15) is 0 Å². The predicted molar refractivity (Wildman–Crippen MR) is 109 cm³/mol. The lowest BCUT2D eigenvalue weighted by Gasteiger charge is -2.19. The first kappa shape index (κ1) is 23.0. The third-order valence-electron chi connectivity index (χ3n) is 5.03. The number of halogens is 4. The first-order valence-corrected chi connectivity index (χ1v) is 11.7. The molecule has 32 heavy (non-hydrogen) atoms. The fraction of sp³-hybridized carbons (Fsp3) is 0.588. The van der Waals surface area contributed by atoms with Crippen molar-refractivity contribution < 1.29 is 31.1 Å². The van der Waals surface area contributed by atoms with E-state index in [1.807, 2.05) is 0 Å². The molecule has 15 heteroatoms. The quantitative estimate of drug-likeness (QED) is 0.591. The van der Waals surface area contributed by atoms with E-state index in [2.05, 4.69) is 25.7 Å². The normalized spacial score (nSPS) is 25.7. The van der Waals surface area contributed by atoms with Crippen LogP contribution >= 0.6 is 11.6 Å². The van der Waals surface area contributed by atoms with Crippen molar-refractivity contribution in [1.29, 1.82) is 0 Å². The molecule has 0 radical (unpaired) electrons. The average Bonchev–Trinajstić information content (AvgIpc) is 3.35. The second-order valence-electron chi connectivity index (χ2n) is 7.69. The minimum atomic E-state index is -4.79. The Morgan fingerprint density at radius 2 is 2.00 bits per heavy atom. The van der Waals surface area contributed by atoms with Crippen LogP contribution in [-0.2, 0) is 26.4 Å². The Morgan fingerprint density at radius 1 is 1.25 bits per heavy atom. The first-order chi connectivity index (χ1) is 15.0. The number of sulfone groups is 1. The van der Waals surface area contributed by atoms with Gasteiger partial charge in [0.05, 0.1) is 49.2 Å². The van der Waals surface area contributed by atoms with Crippen LogP contribution < -0.4 is 10.6 Å². The second-order valence-corrected chi connectivity index (χ2v) is 10.2. The zero-order valence-electron chi connectivity index (χ0n) is 16.7. The van der Waals surface area contributed by atoms with Gasteiger partial charge in [0.15, 0.2) is 15.7 Å². The summed E-state index contributed by atoms with van der Waals surface area (Å²) in [6.07, 6.45) is -1.25. The van der Waals surface area contributed by atoms with Gasteiger partial charge in [0, 0.05) is 19.2 Å². The number of nitrogens with zero attached hydrogens (tertiary/aromatic N) is 4. The Bertz CT molecular complexity index is 1080. The van der Waals surface area contributed by atoms with Gasteiger partial charge in [-0.25, -0.2) is 13.4 Å². The molecular weight excluding hydrogens is 477 g/mol. The number of ether oxygens (including phenoxy) is 2. The van der Waals surface area contributed by atoms with Gasteiger partial charge in [-0.05, 0) is 0 Å². The lowest BCUT2D eigenvalue weighted by molar-refractivity contribution is -0.106. The zero-order chi connectivity index (χ0) is 23.1. The van der Waals surface area contributed by atoms with Crippen molar-refractivity contribution in [3.05, 3.63) is 23.6 Å². The summed E-state index contributed by atoms with van der Waals surface area (Å²) >= 11 is 6.20. The topological polar surface area (TPSA) is 120 Å². The molecule has 4 rings (SSSR count). The minimum absolute atomic E-state index is 0.0179. The highest BCUT2D eigenvalue weighted by Gasteiger charge is 2.50. The maximum absolute atomic E-state index is 12.5. The third kappa shape index (κ3) is 5.42. The molecule has 4 heterocycles. The molecule has 2 aliphatic heterocycles. The molecule has 2 saturated heterocycles. The second kappa shape index (κ2) is 8.65. The number of fused-ring (bicyclic) bond motifs is 1. The van der Waals surface area contributed by atoms with Crippen LogP contribution in [-0.4, -0.2) is 77.3 Å². The van der Waals surface area contributed by atoms with Gasteiger partial charge in [0.25, 0.3) is 0 Å². The van der Waals surface area contributed by atoms with E-state index in [1.165, 1.54) is 6.20 Å². The molecule has 0 saturated carbocycles. The fourth-order valence-electron chi connectivity index (χ4n) is 3.80. The molecule has 2 unspecified atom stereocenters. The van der Waals surface area contributed by atoms with E-state index in [4.69, 9.17) is 21.1 Å². The SMILES string of the molecule is Cn1cc(Nc2ncc(Cl)c(N[C@H]3COC4C3OC[C@H]4CS(=O)(=O)CC(F)(F)F)n2)cn1. The Hall–Kier alpha value is -2.16. The van der Waals surface area contributed by atoms with Crippen molar-refractivity contribution in [2.75, 3.05) is 35.4 Å². The Kier molecular flexibility index (Phi) is 6.22. The molecule has 2 aliphatic rings. The van der Waals surface area contributed by atoms with Crippen molar-refractivity contribution in [2.24, 2.45) is 13.0 Å². The summed E-state index contributed by atoms with van der Waals surface area (Å²) in [5, 5.41) is 10.4. The van der Waals surface area contributed by atoms with E-state index in [-0.39, 0.29) is 24.2 Å². The number of nitrogens with one attached hydrogen (secondary N) is 2. The molecule has 0 bridgehead atoms. The molecule has 4 atom stereocenters. The van der Waals surface area contributed by atoms with Gasteiger partial charge < -0.3 is 20.1 Å². The maximum Gasteiger partial charge on any atom is 0.402 e. The van der Waals surface area contributed by atoms with Crippen LogP contribution in [0.15, 0.2) is 18.6 Å². The molecule has 10 nitrogen and oxygen atoms in total. The van der Waals surface area contributed by atoms with E-state index < -0.39 is 51.7 Å². The van der Waals surface area contributed by atoms with Crippen molar-refractivity contribution in [1.82, 2.24) is 19.7 Å². The highest BCUT2D eigenvalue weighted by Crippen LogP contribution is 2.35. The summed E-state index contributed by atoms with van der Waals surface area (Å²) in [6.45, 7) is 0.132. The molecule has 0 amide bonds. The lowest BCUT2D eigenvalue weighted by atomic mass is 10.0. The first-order valence-electron chi connectivity index (χ1n) is 9.54. The van der Waals surface area contributed by atoms with Gasteiger partial charge in [-0.2, -0.15) is 23.3 Å². The van der Waals surface area contributed by atoms with Gasteiger partial charge in [-0.15, -0.1) is 0 Å². The third-order valence-corrected chi connectivity index (χ3v) is 7.01. The summed E-state index contributed by atoms with van der Waals surface area (Å²) in [6, 6.07) is -0.422. The number of aromatic nitrogens is 4. The van der Waals surface area contributed by atoms with Gasteiger partial charge in [0.2, 0.25) is 5.95 Å². The Morgan fingerprint density at radius 3 is 2.69 bits per heavy atom.